The number of nitrogens with two attached hydrogens (primary N) is 1. The first-order valence-electron chi connectivity index (χ1n) is 6.27. The van der Waals surface area contributed by atoms with Crippen molar-refractivity contribution < 1.29 is 0 Å². The summed E-state index contributed by atoms with van der Waals surface area (Å²) < 4.78 is 0. The molecular formula is C12H24N2. The largest absolute Gasteiger partial charge is 0.326 e. The van der Waals surface area contributed by atoms with Gasteiger partial charge in [-0.3, -0.25) is 0 Å². The van der Waals surface area contributed by atoms with E-state index in [4.69, 9.17) is 5.73 Å². The molecule has 2 saturated carbocycles. The lowest BCUT2D eigenvalue weighted by atomic mass is 9.85. The minimum atomic E-state index is 0.454. The summed E-state index contributed by atoms with van der Waals surface area (Å²) >= 11 is 0. The minimum absolute atomic E-state index is 0.454. The molecule has 2 nitrogen and oxygen atoms in total. The van der Waals surface area contributed by atoms with Gasteiger partial charge >= 0.3 is 0 Å². The molecule has 0 radical (unpaired) electrons. The fourth-order valence-electron chi connectivity index (χ4n) is 2.34. The Morgan fingerprint density at radius 3 is 2.43 bits per heavy atom. The summed E-state index contributed by atoms with van der Waals surface area (Å²) in [5.74, 6) is 1.84. The van der Waals surface area contributed by atoms with Crippen LogP contribution < -0.4 is 5.73 Å². The molecule has 0 bridgehead atoms. The van der Waals surface area contributed by atoms with Crippen LogP contribution in [0, 0.1) is 11.8 Å². The fourth-order valence-corrected chi connectivity index (χ4v) is 2.34. The van der Waals surface area contributed by atoms with Crippen LogP contribution in [0.25, 0.3) is 0 Å². The normalized spacial score (nSPS) is 25.1. The second kappa shape index (κ2) is 4.63. The van der Waals surface area contributed by atoms with Crippen LogP contribution in [-0.2, 0) is 0 Å². The zero-order chi connectivity index (χ0) is 9.97. The third kappa shape index (κ3) is 2.71. The van der Waals surface area contributed by atoms with Crippen molar-refractivity contribution in [2.75, 3.05) is 19.6 Å². The van der Waals surface area contributed by atoms with Gasteiger partial charge in [-0.05, 0) is 44.1 Å². The molecule has 2 aliphatic carbocycles. The average Bonchev–Trinajstić information content (AvgIpc) is 2.91. The average molecular weight is 196 g/mol. The van der Waals surface area contributed by atoms with Crippen LogP contribution in [0.4, 0.5) is 0 Å². The summed E-state index contributed by atoms with van der Waals surface area (Å²) in [6.45, 7) is 5.88. The van der Waals surface area contributed by atoms with Crippen LogP contribution in [0.1, 0.15) is 39.0 Å². The molecule has 0 amide bonds. The van der Waals surface area contributed by atoms with Crippen molar-refractivity contribution in [2.24, 2.45) is 17.6 Å². The van der Waals surface area contributed by atoms with E-state index in [0.717, 1.165) is 18.4 Å². The standard InChI is InChI=1S/C12H24N2/c1-2-14(8-10-4-3-5-10)9-12(13)11-6-7-11/h10-12H,2-9,13H2,1H3. The van der Waals surface area contributed by atoms with E-state index in [-0.39, 0.29) is 0 Å². The van der Waals surface area contributed by atoms with Gasteiger partial charge in [0, 0.05) is 19.1 Å². The van der Waals surface area contributed by atoms with Gasteiger partial charge in [0.25, 0.3) is 0 Å². The SMILES string of the molecule is CCN(CC1CCC1)CC(N)C1CC1. The van der Waals surface area contributed by atoms with Crippen molar-refractivity contribution in [3.05, 3.63) is 0 Å². The van der Waals surface area contributed by atoms with Crippen molar-refractivity contribution in [3.8, 4) is 0 Å². The molecule has 2 heteroatoms. The fraction of sp³-hybridized carbons (Fsp3) is 1.00. The molecule has 0 spiro atoms. The van der Waals surface area contributed by atoms with Crippen molar-refractivity contribution in [3.63, 3.8) is 0 Å². The van der Waals surface area contributed by atoms with Gasteiger partial charge in [0.15, 0.2) is 0 Å². The van der Waals surface area contributed by atoms with E-state index in [1.54, 1.807) is 0 Å². The van der Waals surface area contributed by atoms with E-state index in [1.807, 2.05) is 0 Å². The van der Waals surface area contributed by atoms with E-state index in [9.17, 15) is 0 Å². The first-order valence-corrected chi connectivity index (χ1v) is 6.27. The Hall–Kier alpha value is -0.0800. The topological polar surface area (TPSA) is 29.3 Å². The molecule has 0 aromatic carbocycles. The van der Waals surface area contributed by atoms with Gasteiger partial charge in [-0.25, -0.2) is 0 Å². The molecule has 2 N–H and O–H groups in total. The predicted molar refractivity (Wildman–Crippen MR) is 60.2 cm³/mol. The third-order valence-corrected chi connectivity index (χ3v) is 3.88. The molecule has 2 fully saturated rings. The Morgan fingerprint density at radius 1 is 1.29 bits per heavy atom. The second-order valence-corrected chi connectivity index (χ2v) is 5.15. The van der Waals surface area contributed by atoms with E-state index in [2.05, 4.69) is 11.8 Å². The van der Waals surface area contributed by atoms with E-state index >= 15 is 0 Å². The van der Waals surface area contributed by atoms with Crippen LogP contribution in [0.3, 0.4) is 0 Å². The summed E-state index contributed by atoms with van der Waals surface area (Å²) in [5.41, 5.74) is 6.15. The van der Waals surface area contributed by atoms with Crippen molar-refractivity contribution in [1.29, 1.82) is 0 Å². The highest BCUT2D eigenvalue weighted by atomic mass is 15.1. The van der Waals surface area contributed by atoms with Crippen molar-refractivity contribution in [1.82, 2.24) is 4.90 Å². The van der Waals surface area contributed by atoms with E-state index < -0.39 is 0 Å². The summed E-state index contributed by atoms with van der Waals surface area (Å²) in [5, 5.41) is 0. The lowest BCUT2D eigenvalue weighted by Gasteiger charge is -2.33. The molecule has 0 aliphatic heterocycles. The number of likely N-dealkylation sites (N-methyl/N-ethyl adjacent to an activating group) is 1. The van der Waals surface area contributed by atoms with E-state index in [1.165, 1.54) is 45.2 Å². The molecule has 0 heterocycles. The number of rotatable bonds is 6. The Morgan fingerprint density at radius 2 is 2.00 bits per heavy atom. The predicted octanol–water partition coefficient (Wildman–Crippen LogP) is 1.85. The molecule has 1 atom stereocenters. The van der Waals surface area contributed by atoms with Gasteiger partial charge < -0.3 is 10.6 Å². The second-order valence-electron chi connectivity index (χ2n) is 5.15. The molecule has 0 saturated heterocycles. The zero-order valence-electron chi connectivity index (χ0n) is 9.41. The molecule has 82 valence electrons. The number of hydrogen-bond acceptors (Lipinski definition) is 2. The molecular weight excluding hydrogens is 172 g/mol. The Kier molecular flexibility index (Phi) is 3.45. The maximum atomic E-state index is 6.15. The van der Waals surface area contributed by atoms with Crippen molar-refractivity contribution in [2.45, 2.75) is 45.1 Å². The Bertz CT molecular complexity index is 173. The lowest BCUT2D eigenvalue weighted by Crippen LogP contribution is -2.42. The van der Waals surface area contributed by atoms with Crippen LogP contribution in [0.15, 0.2) is 0 Å². The van der Waals surface area contributed by atoms with Gasteiger partial charge in [-0.2, -0.15) is 0 Å². The summed E-state index contributed by atoms with van der Waals surface area (Å²) in [6, 6.07) is 0.454. The van der Waals surface area contributed by atoms with Crippen molar-refractivity contribution >= 4 is 0 Å². The van der Waals surface area contributed by atoms with Gasteiger partial charge in [0.1, 0.15) is 0 Å². The van der Waals surface area contributed by atoms with Crippen LogP contribution in [0.2, 0.25) is 0 Å². The molecule has 14 heavy (non-hydrogen) atoms. The molecule has 2 rings (SSSR count). The highest BCUT2D eigenvalue weighted by Crippen LogP contribution is 2.32. The van der Waals surface area contributed by atoms with Gasteiger partial charge in [-0.15, -0.1) is 0 Å². The Balaban J connectivity index is 1.68. The third-order valence-electron chi connectivity index (χ3n) is 3.88. The number of nitrogens with zero attached hydrogens (tertiary/aromatic N) is 1. The minimum Gasteiger partial charge on any atom is -0.326 e. The van der Waals surface area contributed by atoms with Crippen LogP contribution in [-0.4, -0.2) is 30.6 Å². The first-order chi connectivity index (χ1) is 6.79. The molecule has 0 aromatic heterocycles. The number of hydrogen-bond donors (Lipinski definition) is 1. The highest BCUT2D eigenvalue weighted by molar-refractivity contribution is 4.86. The van der Waals surface area contributed by atoms with Gasteiger partial charge in [0.2, 0.25) is 0 Å². The van der Waals surface area contributed by atoms with Gasteiger partial charge in [-0.1, -0.05) is 13.3 Å². The molecule has 1 unspecified atom stereocenters. The van der Waals surface area contributed by atoms with Gasteiger partial charge in [0.05, 0.1) is 0 Å². The quantitative estimate of drug-likeness (QED) is 0.702. The first kappa shape index (κ1) is 10.4. The van der Waals surface area contributed by atoms with Crippen LogP contribution in [0.5, 0.6) is 0 Å². The molecule has 0 aromatic rings. The smallest absolute Gasteiger partial charge is 0.0196 e. The maximum absolute atomic E-state index is 6.15. The van der Waals surface area contributed by atoms with Crippen LogP contribution >= 0.6 is 0 Å². The highest BCUT2D eigenvalue weighted by Gasteiger charge is 2.30. The summed E-state index contributed by atoms with van der Waals surface area (Å²) in [7, 11) is 0. The maximum Gasteiger partial charge on any atom is 0.0196 e. The zero-order valence-corrected chi connectivity index (χ0v) is 9.41. The Labute approximate surface area is 87.8 Å². The summed E-state index contributed by atoms with van der Waals surface area (Å²) in [6.07, 6.45) is 7.12. The lowest BCUT2D eigenvalue weighted by molar-refractivity contribution is 0.173. The van der Waals surface area contributed by atoms with E-state index in [0.29, 0.717) is 6.04 Å². The molecule has 2 aliphatic rings. The monoisotopic (exact) mass is 196 g/mol. The summed E-state index contributed by atoms with van der Waals surface area (Å²) in [4.78, 5) is 2.56.